The molecule has 0 spiro atoms. The van der Waals surface area contributed by atoms with E-state index in [4.69, 9.17) is 9.73 Å². The van der Waals surface area contributed by atoms with Gasteiger partial charge in [-0.15, -0.1) is 0 Å². The van der Waals surface area contributed by atoms with Crippen LogP contribution in [0.15, 0.2) is 78.0 Å². The monoisotopic (exact) mass is 586 g/mol. The zero-order chi connectivity index (χ0) is 30.0. The molecule has 0 aliphatic heterocycles. The third kappa shape index (κ3) is 5.94. The van der Waals surface area contributed by atoms with Crippen LogP contribution in [0.2, 0.25) is 0 Å². The van der Waals surface area contributed by atoms with E-state index < -0.39 is 16.0 Å². The number of aliphatic imine (C=N–C) groups is 1. The number of esters is 1. The molecule has 2 heterocycles. The Labute approximate surface area is 243 Å². The van der Waals surface area contributed by atoms with Crippen LogP contribution in [-0.4, -0.2) is 85.6 Å². The molecule has 0 atom stereocenters. The number of hydrogen-bond donors (Lipinski definition) is 2. The number of nitrogens with one attached hydrogen (secondary N) is 1. The van der Waals surface area contributed by atoms with Gasteiger partial charge in [0.2, 0.25) is 10.0 Å². The van der Waals surface area contributed by atoms with Crippen LogP contribution in [0.5, 0.6) is 5.88 Å². The minimum Gasteiger partial charge on any atom is -0.494 e. The molecule has 0 unspecified atom stereocenters. The maximum Gasteiger partial charge on any atom is 0.337 e. The highest BCUT2D eigenvalue weighted by Gasteiger charge is 2.21. The topological polar surface area (TPSA) is 141 Å². The SMILES string of the molecule is COC(=O)c1ccc2c(C(=Nc3ccc(N(CCN(C)C)S(C)(=O)=O)cc3)c3ccc4nccnc4c3)c(O)[nH]c2c1. The second-order valence-corrected chi connectivity index (χ2v) is 11.9. The molecule has 5 aromatic rings. The maximum atomic E-state index is 12.5. The smallest absolute Gasteiger partial charge is 0.337 e. The third-order valence-corrected chi connectivity index (χ3v) is 7.90. The number of carbonyl (C=O) groups is 1. The molecule has 11 nitrogen and oxygen atoms in total. The lowest BCUT2D eigenvalue weighted by Crippen LogP contribution is -2.35. The van der Waals surface area contributed by atoms with E-state index in [2.05, 4.69) is 15.0 Å². The molecule has 12 heteroatoms. The largest absolute Gasteiger partial charge is 0.494 e. The van der Waals surface area contributed by atoms with Crippen molar-refractivity contribution < 1.29 is 23.1 Å². The zero-order valence-electron chi connectivity index (χ0n) is 23.6. The highest BCUT2D eigenvalue weighted by Crippen LogP contribution is 2.33. The number of aromatic nitrogens is 3. The first kappa shape index (κ1) is 28.7. The summed E-state index contributed by atoms with van der Waals surface area (Å²) in [4.78, 5) is 30.6. The number of rotatable bonds is 9. The predicted molar refractivity (Wildman–Crippen MR) is 163 cm³/mol. The number of anilines is 1. The summed E-state index contributed by atoms with van der Waals surface area (Å²) in [5.41, 5.74) is 4.81. The summed E-state index contributed by atoms with van der Waals surface area (Å²) in [7, 11) is 1.57. The lowest BCUT2D eigenvalue weighted by atomic mass is 9.99. The number of likely N-dealkylation sites (N-methyl/N-ethyl adjacent to an activating group) is 1. The van der Waals surface area contributed by atoms with Crippen molar-refractivity contribution in [3.8, 4) is 5.88 Å². The molecule has 0 radical (unpaired) electrons. The molecule has 0 bridgehead atoms. The summed E-state index contributed by atoms with van der Waals surface area (Å²) in [6.45, 7) is 0.855. The van der Waals surface area contributed by atoms with Gasteiger partial charge in [0.25, 0.3) is 0 Å². The lowest BCUT2D eigenvalue weighted by molar-refractivity contribution is 0.0601. The first-order chi connectivity index (χ1) is 20.0. The van der Waals surface area contributed by atoms with Crippen LogP contribution in [-0.2, 0) is 14.8 Å². The number of hydrogen-bond acceptors (Lipinski definition) is 9. The van der Waals surface area contributed by atoms with Gasteiger partial charge in [-0.1, -0.05) is 12.1 Å². The van der Waals surface area contributed by atoms with E-state index in [-0.39, 0.29) is 5.88 Å². The molecule has 5 rings (SSSR count). The lowest BCUT2D eigenvalue weighted by Gasteiger charge is -2.24. The van der Waals surface area contributed by atoms with Crippen molar-refractivity contribution in [1.29, 1.82) is 0 Å². The van der Waals surface area contributed by atoms with Crippen LogP contribution >= 0.6 is 0 Å². The Bertz CT molecular complexity index is 1920. The van der Waals surface area contributed by atoms with Gasteiger partial charge in [-0.2, -0.15) is 0 Å². The third-order valence-electron chi connectivity index (χ3n) is 6.71. The number of ether oxygens (including phenoxy) is 1. The number of aromatic amines is 1. The Balaban J connectivity index is 1.64. The number of nitrogens with zero attached hydrogens (tertiary/aromatic N) is 5. The van der Waals surface area contributed by atoms with Crippen LogP contribution in [0.1, 0.15) is 21.5 Å². The first-order valence-corrected chi connectivity index (χ1v) is 14.9. The molecular weight excluding hydrogens is 556 g/mol. The van der Waals surface area contributed by atoms with Gasteiger partial charge in [-0.05, 0) is 62.6 Å². The summed E-state index contributed by atoms with van der Waals surface area (Å²) in [5, 5.41) is 11.7. The maximum absolute atomic E-state index is 12.5. The van der Waals surface area contributed by atoms with Gasteiger partial charge < -0.3 is 19.7 Å². The Morgan fingerprint density at radius 1 is 0.952 bits per heavy atom. The van der Waals surface area contributed by atoms with E-state index in [1.54, 1.807) is 54.9 Å². The van der Waals surface area contributed by atoms with Crippen LogP contribution in [0.4, 0.5) is 11.4 Å². The van der Waals surface area contributed by atoms with Crippen molar-refractivity contribution in [3.05, 3.63) is 89.7 Å². The number of methoxy groups -OCH3 is 1. The van der Waals surface area contributed by atoms with Crippen molar-refractivity contribution in [2.45, 2.75) is 0 Å². The normalized spacial score (nSPS) is 12.3. The van der Waals surface area contributed by atoms with E-state index in [0.29, 0.717) is 68.8 Å². The average molecular weight is 587 g/mol. The molecule has 0 aliphatic rings. The van der Waals surface area contributed by atoms with E-state index in [1.165, 1.54) is 17.7 Å². The van der Waals surface area contributed by atoms with Crippen molar-refractivity contribution in [1.82, 2.24) is 19.9 Å². The molecule has 0 aliphatic carbocycles. The van der Waals surface area contributed by atoms with E-state index in [9.17, 15) is 18.3 Å². The highest BCUT2D eigenvalue weighted by atomic mass is 32.2. The number of fused-ring (bicyclic) bond motifs is 2. The van der Waals surface area contributed by atoms with Gasteiger partial charge in [0.05, 0.1) is 52.6 Å². The molecule has 216 valence electrons. The summed E-state index contributed by atoms with van der Waals surface area (Å²) in [6.07, 6.45) is 4.39. The van der Waals surface area contributed by atoms with E-state index in [1.807, 2.05) is 37.2 Å². The quantitative estimate of drug-likeness (QED) is 0.194. The Morgan fingerprint density at radius 2 is 1.64 bits per heavy atom. The summed E-state index contributed by atoms with van der Waals surface area (Å²) < 4.78 is 31.2. The van der Waals surface area contributed by atoms with Gasteiger partial charge in [0.15, 0.2) is 5.88 Å². The van der Waals surface area contributed by atoms with Gasteiger partial charge in [-0.25, -0.2) is 18.2 Å². The van der Waals surface area contributed by atoms with Crippen LogP contribution in [0, 0.1) is 0 Å². The molecule has 42 heavy (non-hydrogen) atoms. The molecule has 2 aromatic heterocycles. The molecule has 3 aromatic carbocycles. The fourth-order valence-electron chi connectivity index (χ4n) is 4.64. The van der Waals surface area contributed by atoms with Crippen molar-refractivity contribution in [3.63, 3.8) is 0 Å². The summed E-state index contributed by atoms with van der Waals surface area (Å²) >= 11 is 0. The average Bonchev–Trinajstić information content (AvgIpc) is 3.29. The minimum absolute atomic E-state index is 0.131. The zero-order valence-corrected chi connectivity index (χ0v) is 24.4. The number of carbonyl (C=O) groups excluding carboxylic acids is 1. The number of sulfonamides is 1. The van der Waals surface area contributed by atoms with Crippen LogP contribution < -0.4 is 4.31 Å². The summed E-state index contributed by atoms with van der Waals surface area (Å²) in [5.74, 6) is -0.628. The standard InChI is InChI=1S/C30H30N6O5S/c1-35(2)15-16-36(42(4,39)40)22-9-7-21(8-10-22)33-28(19-6-12-24-26(17-19)32-14-13-31-24)27-23-11-5-20(30(38)41-3)18-25(23)34-29(27)37/h5-14,17-18,34,37H,15-16H2,1-4H3. The Kier molecular flexibility index (Phi) is 7.92. The molecular formula is C30H30N6O5S. The second-order valence-electron chi connectivity index (χ2n) is 9.98. The number of benzene rings is 3. The second kappa shape index (κ2) is 11.6. The Hall–Kier alpha value is -4.81. The fourth-order valence-corrected chi connectivity index (χ4v) is 5.56. The van der Waals surface area contributed by atoms with Gasteiger partial charge in [-0.3, -0.25) is 14.3 Å². The van der Waals surface area contributed by atoms with E-state index in [0.717, 1.165) is 0 Å². The molecule has 0 saturated heterocycles. The van der Waals surface area contributed by atoms with Crippen LogP contribution in [0.3, 0.4) is 0 Å². The van der Waals surface area contributed by atoms with Crippen molar-refractivity contribution in [2.24, 2.45) is 4.99 Å². The number of H-pyrrole nitrogens is 1. The van der Waals surface area contributed by atoms with Crippen molar-refractivity contribution in [2.75, 3.05) is 44.9 Å². The molecule has 0 amide bonds. The van der Waals surface area contributed by atoms with Crippen molar-refractivity contribution >= 4 is 55.0 Å². The number of aromatic hydroxyl groups is 1. The van der Waals surface area contributed by atoms with E-state index >= 15 is 0 Å². The predicted octanol–water partition coefficient (Wildman–Crippen LogP) is 4.10. The fraction of sp³-hybridized carbons (Fsp3) is 0.200. The van der Waals surface area contributed by atoms with Crippen LogP contribution in [0.25, 0.3) is 21.9 Å². The minimum atomic E-state index is -3.50. The molecule has 0 fully saturated rings. The highest BCUT2D eigenvalue weighted by molar-refractivity contribution is 7.92. The first-order valence-electron chi connectivity index (χ1n) is 13.0. The molecule has 2 N–H and O–H groups in total. The summed E-state index contributed by atoms with van der Waals surface area (Å²) in [6, 6.07) is 17.3. The molecule has 0 saturated carbocycles. The van der Waals surface area contributed by atoms with Gasteiger partial charge in [0.1, 0.15) is 0 Å². The van der Waals surface area contributed by atoms with Gasteiger partial charge in [0, 0.05) is 41.9 Å². The Morgan fingerprint density at radius 3 is 2.31 bits per heavy atom. The van der Waals surface area contributed by atoms with Gasteiger partial charge >= 0.3 is 5.97 Å².